The second kappa shape index (κ2) is 9.25. The van der Waals surface area contributed by atoms with Crippen molar-refractivity contribution < 1.29 is 14.4 Å². The second-order valence-electron chi connectivity index (χ2n) is 8.58. The van der Waals surface area contributed by atoms with Gasteiger partial charge in [0.1, 0.15) is 0 Å². The number of nitrogens with zero attached hydrogens (tertiary/aromatic N) is 1. The molecule has 4 heteroatoms. The van der Waals surface area contributed by atoms with Crippen molar-refractivity contribution in [2.45, 2.75) is 38.5 Å². The first-order valence-electron chi connectivity index (χ1n) is 10.6. The van der Waals surface area contributed by atoms with Gasteiger partial charge in [-0.25, -0.2) is 0 Å². The van der Waals surface area contributed by atoms with Gasteiger partial charge in [-0.2, -0.15) is 0 Å². The van der Waals surface area contributed by atoms with Crippen LogP contribution < -0.4 is 0 Å². The maximum absolute atomic E-state index is 13.0. The molecule has 160 valence electrons. The number of ketones is 2. The summed E-state index contributed by atoms with van der Waals surface area (Å²) < 4.78 is 0. The molecule has 0 saturated carbocycles. The Hall–Kier alpha value is -3.27. The van der Waals surface area contributed by atoms with Crippen LogP contribution in [0, 0.1) is 0 Å². The highest BCUT2D eigenvalue weighted by Gasteiger charge is 2.31. The molecule has 0 N–H and O–H groups in total. The van der Waals surface area contributed by atoms with Crippen LogP contribution in [0.5, 0.6) is 0 Å². The van der Waals surface area contributed by atoms with Gasteiger partial charge in [-0.3, -0.25) is 14.4 Å². The van der Waals surface area contributed by atoms with Gasteiger partial charge in [0, 0.05) is 41.8 Å². The van der Waals surface area contributed by atoms with Crippen LogP contribution in [0.1, 0.15) is 70.5 Å². The summed E-state index contributed by atoms with van der Waals surface area (Å²) in [6.45, 7) is 12.6. The van der Waals surface area contributed by atoms with Gasteiger partial charge in [-0.1, -0.05) is 56.3 Å². The normalized spacial score (nSPS) is 12.7. The van der Waals surface area contributed by atoms with Crippen molar-refractivity contribution >= 4 is 17.5 Å². The van der Waals surface area contributed by atoms with Crippen LogP contribution in [0.15, 0.2) is 67.8 Å². The smallest absolute Gasteiger partial charge is 0.223 e. The van der Waals surface area contributed by atoms with E-state index in [9.17, 15) is 14.4 Å². The van der Waals surface area contributed by atoms with Crippen molar-refractivity contribution in [3.8, 4) is 0 Å². The molecule has 1 aliphatic carbocycles. The van der Waals surface area contributed by atoms with Gasteiger partial charge in [-0.05, 0) is 36.0 Å². The Morgan fingerprint density at radius 3 is 2.03 bits per heavy atom. The molecule has 4 nitrogen and oxygen atoms in total. The first kappa shape index (κ1) is 22.4. The number of fused-ring (bicyclic) bond motifs is 2. The minimum atomic E-state index is -0.239. The molecule has 0 aromatic heterocycles. The minimum Gasteiger partial charge on any atom is -0.335 e. The molecule has 2 aromatic rings. The van der Waals surface area contributed by atoms with Crippen molar-refractivity contribution in [1.82, 2.24) is 4.90 Å². The molecule has 1 amide bonds. The molecule has 2 aromatic carbocycles. The van der Waals surface area contributed by atoms with Crippen molar-refractivity contribution in [2.24, 2.45) is 0 Å². The van der Waals surface area contributed by atoms with Gasteiger partial charge in [0.15, 0.2) is 11.6 Å². The van der Waals surface area contributed by atoms with Gasteiger partial charge < -0.3 is 4.90 Å². The summed E-state index contributed by atoms with van der Waals surface area (Å²) in [4.78, 5) is 40.0. The van der Waals surface area contributed by atoms with E-state index in [0.717, 1.165) is 18.4 Å². The average Bonchev–Trinajstić information content (AvgIpc) is 2.76. The summed E-state index contributed by atoms with van der Waals surface area (Å²) in [6.07, 6.45) is 5.39. The molecule has 0 fully saturated rings. The Morgan fingerprint density at radius 2 is 1.45 bits per heavy atom. The van der Waals surface area contributed by atoms with E-state index < -0.39 is 0 Å². The van der Waals surface area contributed by atoms with Gasteiger partial charge in [-0.15, -0.1) is 13.2 Å². The third-order valence-corrected chi connectivity index (χ3v) is 5.95. The highest BCUT2D eigenvalue weighted by atomic mass is 16.2. The Bertz CT molecular complexity index is 1040. The van der Waals surface area contributed by atoms with E-state index in [1.54, 1.807) is 47.4 Å². The van der Waals surface area contributed by atoms with E-state index in [2.05, 4.69) is 27.0 Å². The average molecular weight is 416 g/mol. The molecule has 0 heterocycles. The lowest BCUT2D eigenvalue weighted by Crippen LogP contribution is -2.31. The van der Waals surface area contributed by atoms with E-state index in [1.165, 1.54) is 0 Å². The molecular weight excluding hydrogens is 386 g/mol. The first-order chi connectivity index (χ1) is 14.8. The van der Waals surface area contributed by atoms with Crippen molar-refractivity contribution in [2.75, 3.05) is 13.1 Å². The van der Waals surface area contributed by atoms with Gasteiger partial charge >= 0.3 is 0 Å². The zero-order valence-corrected chi connectivity index (χ0v) is 18.3. The SMILES string of the molecule is C=CCN(CC=C)C(=O)CCCC(C)(C)c1ccc2c(c1)C(=O)c1ccccc1C2=O. The predicted octanol–water partition coefficient (Wildman–Crippen LogP) is 5.11. The quantitative estimate of drug-likeness (QED) is 0.456. The van der Waals surface area contributed by atoms with Gasteiger partial charge in [0.2, 0.25) is 5.91 Å². The second-order valence-corrected chi connectivity index (χ2v) is 8.58. The highest BCUT2D eigenvalue weighted by molar-refractivity contribution is 6.28. The minimum absolute atomic E-state index is 0.0819. The number of hydrogen-bond acceptors (Lipinski definition) is 3. The summed E-state index contributed by atoms with van der Waals surface area (Å²) in [7, 11) is 0. The largest absolute Gasteiger partial charge is 0.335 e. The van der Waals surface area contributed by atoms with Crippen LogP contribution in [-0.2, 0) is 10.2 Å². The van der Waals surface area contributed by atoms with Crippen molar-refractivity contribution in [3.05, 3.63) is 95.6 Å². The summed E-state index contributed by atoms with van der Waals surface area (Å²) in [5.41, 5.74) is 2.61. The molecule has 0 unspecified atom stereocenters. The monoisotopic (exact) mass is 415 g/mol. The Labute approximate surface area is 184 Å². The number of carbonyl (C=O) groups is 3. The van der Waals surface area contributed by atoms with Crippen molar-refractivity contribution in [3.63, 3.8) is 0 Å². The molecule has 0 radical (unpaired) electrons. The summed E-state index contributed by atoms with van der Waals surface area (Å²) >= 11 is 0. The lowest BCUT2D eigenvalue weighted by molar-refractivity contribution is -0.130. The molecular formula is C27H29NO3. The molecule has 31 heavy (non-hydrogen) atoms. The third-order valence-electron chi connectivity index (χ3n) is 5.95. The summed E-state index contributed by atoms with van der Waals surface area (Å²) in [5, 5.41) is 0. The zero-order chi connectivity index (χ0) is 22.6. The molecule has 0 aliphatic heterocycles. The molecule has 1 aliphatic rings. The summed E-state index contributed by atoms with van der Waals surface area (Å²) in [6, 6.07) is 12.5. The number of hydrogen-bond donors (Lipinski definition) is 0. The van der Waals surface area contributed by atoms with E-state index in [1.807, 2.05) is 12.1 Å². The number of amides is 1. The van der Waals surface area contributed by atoms with Crippen LogP contribution in [0.2, 0.25) is 0 Å². The van der Waals surface area contributed by atoms with Crippen LogP contribution in [0.4, 0.5) is 0 Å². The summed E-state index contributed by atoms with van der Waals surface area (Å²) in [5.74, 6) is -0.134. The molecule has 0 atom stereocenters. The zero-order valence-electron chi connectivity index (χ0n) is 18.3. The lowest BCUT2D eigenvalue weighted by Gasteiger charge is -2.28. The van der Waals surface area contributed by atoms with Gasteiger partial charge in [0.05, 0.1) is 0 Å². The van der Waals surface area contributed by atoms with E-state index >= 15 is 0 Å². The lowest BCUT2D eigenvalue weighted by atomic mass is 9.76. The maximum atomic E-state index is 13.0. The van der Waals surface area contributed by atoms with Crippen LogP contribution in [-0.4, -0.2) is 35.5 Å². The molecule has 0 spiro atoms. The first-order valence-corrected chi connectivity index (χ1v) is 10.6. The van der Waals surface area contributed by atoms with E-state index in [0.29, 0.717) is 41.8 Å². The Balaban J connectivity index is 1.75. The van der Waals surface area contributed by atoms with Crippen LogP contribution in [0.25, 0.3) is 0 Å². The number of rotatable bonds is 9. The van der Waals surface area contributed by atoms with E-state index in [-0.39, 0.29) is 22.9 Å². The molecule has 3 rings (SSSR count). The fraction of sp³-hybridized carbons (Fsp3) is 0.296. The molecule has 0 bridgehead atoms. The van der Waals surface area contributed by atoms with Crippen molar-refractivity contribution in [1.29, 1.82) is 0 Å². The highest BCUT2D eigenvalue weighted by Crippen LogP contribution is 2.34. The van der Waals surface area contributed by atoms with Crippen LogP contribution in [0.3, 0.4) is 0 Å². The fourth-order valence-corrected chi connectivity index (χ4v) is 4.09. The standard InChI is InChI=1S/C27H29NO3/c1-5-16-28(17-6-2)24(29)12-9-15-27(3,4)19-13-14-22-23(18-19)26(31)21-11-8-7-10-20(21)25(22)30/h5-8,10-11,13-14,18H,1-2,9,12,15-17H2,3-4H3. The Kier molecular flexibility index (Phi) is 6.69. The Morgan fingerprint density at radius 1 is 0.903 bits per heavy atom. The van der Waals surface area contributed by atoms with Gasteiger partial charge in [0.25, 0.3) is 0 Å². The fourth-order valence-electron chi connectivity index (χ4n) is 4.09. The van der Waals surface area contributed by atoms with E-state index in [4.69, 9.17) is 0 Å². The maximum Gasteiger partial charge on any atom is 0.223 e. The predicted molar refractivity (Wildman–Crippen MR) is 124 cm³/mol. The van der Waals surface area contributed by atoms with Crippen LogP contribution >= 0.6 is 0 Å². The number of benzene rings is 2. The molecule has 0 saturated heterocycles. The number of carbonyl (C=O) groups excluding carboxylic acids is 3. The topological polar surface area (TPSA) is 54.5 Å². The third kappa shape index (κ3) is 4.58.